The molecule has 0 radical (unpaired) electrons. The molecule has 1 aliphatic heterocycles. The van der Waals surface area contributed by atoms with E-state index in [-0.39, 0.29) is 11.7 Å². The zero-order chi connectivity index (χ0) is 13.0. The Morgan fingerprint density at radius 3 is 2.61 bits per heavy atom. The second kappa shape index (κ2) is 5.85. The van der Waals surface area contributed by atoms with E-state index in [1.165, 1.54) is 18.6 Å². The van der Waals surface area contributed by atoms with Crippen molar-refractivity contribution in [3.8, 4) is 5.75 Å². The highest BCUT2D eigenvalue weighted by molar-refractivity contribution is 5.81. The number of likely N-dealkylation sites (tertiary alicyclic amines) is 1. The van der Waals surface area contributed by atoms with Crippen LogP contribution in [0.1, 0.15) is 26.2 Å². The first kappa shape index (κ1) is 12.9. The summed E-state index contributed by atoms with van der Waals surface area (Å²) in [7, 11) is 0. The number of hydrogen-bond acceptors (Lipinski definition) is 2. The number of nitrogens with zero attached hydrogens (tertiary/aromatic N) is 1. The lowest BCUT2D eigenvalue weighted by Gasteiger charge is -2.29. The van der Waals surface area contributed by atoms with Crippen molar-refractivity contribution in [2.24, 2.45) is 0 Å². The van der Waals surface area contributed by atoms with Crippen LogP contribution in [0.4, 0.5) is 4.39 Å². The molecule has 2 rings (SSSR count). The molecule has 1 heterocycles. The lowest BCUT2D eigenvalue weighted by Crippen LogP contribution is -2.43. The number of benzene rings is 1. The molecule has 98 valence electrons. The summed E-state index contributed by atoms with van der Waals surface area (Å²) < 4.78 is 18.8. The number of carbonyl (C=O) groups excluding carboxylic acids is 1. The summed E-state index contributed by atoms with van der Waals surface area (Å²) in [6.07, 6.45) is 2.61. The van der Waals surface area contributed by atoms with Crippen LogP contribution < -0.4 is 4.74 Å². The first-order valence-electron chi connectivity index (χ1n) is 6.38. The van der Waals surface area contributed by atoms with Crippen molar-refractivity contribution >= 4 is 5.91 Å². The molecule has 0 unspecified atom stereocenters. The largest absolute Gasteiger partial charge is 0.478 e. The average molecular weight is 251 g/mol. The van der Waals surface area contributed by atoms with Crippen molar-refractivity contribution in [3.63, 3.8) is 0 Å². The molecule has 0 spiro atoms. The van der Waals surface area contributed by atoms with E-state index < -0.39 is 11.9 Å². The van der Waals surface area contributed by atoms with Gasteiger partial charge in [0, 0.05) is 13.1 Å². The van der Waals surface area contributed by atoms with Crippen molar-refractivity contribution in [2.45, 2.75) is 32.3 Å². The third-order valence-corrected chi connectivity index (χ3v) is 3.16. The molecule has 0 saturated carbocycles. The van der Waals surface area contributed by atoms with Crippen molar-refractivity contribution in [2.75, 3.05) is 13.1 Å². The second-order valence-electron chi connectivity index (χ2n) is 4.58. The van der Waals surface area contributed by atoms with Crippen LogP contribution >= 0.6 is 0 Å². The van der Waals surface area contributed by atoms with Gasteiger partial charge in [-0.25, -0.2) is 4.39 Å². The number of carbonyl (C=O) groups is 1. The molecule has 0 bridgehead atoms. The molecule has 4 heteroatoms. The highest BCUT2D eigenvalue weighted by atomic mass is 19.1. The Morgan fingerprint density at radius 1 is 1.28 bits per heavy atom. The fourth-order valence-corrected chi connectivity index (χ4v) is 2.15. The highest BCUT2D eigenvalue weighted by Gasteiger charge is 2.23. The van der Waals surface area contributed by atoms with Gasteiger partial charge in [0.1, 0.15) is 0 Å². The fourth-order valence-electron chi connectivity index (χ4n) is 2.15. The molecular formula is C14H18FNO2. The summed E-state index contributed by atoms with van der Waals surface area (Å²) in [6, 6.07) is 6.15. The van der Waals surface area contributed by atoms with Crippen LogP contribution in [0, 0.1) is 5.82 Å². The van der Waals surface area contributed by atoms with Crippen molar-refractivity contribution in [1.82, 2.24) is 4.90 Å². The number of piperidine rings is 1. The molecule has 0 N–H and O–H groups in total. The maximum atomic E-state index is 13.4. The van der Waals surface area contributed by atoms with Gasteiger partial charge in [0.2, 0.25) is 0 Å². The number of halogens is 1. The lowest BCUT2D eigenvalue weighted by atomic mass is 10.1. The Morgan fingerprint density at radius 2 is 1.94 bits per heavy atom. The number of rotatable bonds is 3. The van der Waals surface area contributed by atoms with Crippen LogP contribution in [0.3, 0.4) is 0 Å². The van der Waals surface area contributed by atoms with Gasteiger partial charge in [-0.3, -0.25) is 4.79 Å². The Balaban J connectivity index is 1.96. The Labute approximate surface area is 107 Å². The summed E-state index contributed by atoms with van der Waals surface area (Å²) in [5.41, 5.74) is 0. The molecule has 1 aromatic carbocycles. The van der Waals surface area contributed by atoms with Gasteiger partial charge < -0.3 is 9.64 Å². The maximum Gasteiger partial charge on any atom is 0.263 e. The van der Waals surface area contributed by atoms with E-state index >= 15 is 0 Å². The van der Waals surface area contributed by atoms with Gasteiger partial charge in [-0.15, -0.1) is 0 Å². The fraction of sp³-hybridized carbons (Fsp3) is 0.500. The SMILES string of the molecule is C[C@@H](Oc1ccccc1F)C(=O)N1CCCCC1. The van der Waals surface area contributed by atoms with Crippen molar-refractivity contribution < 1.29 is 13.9 Å². The van der Waals surface area contributed by atoms with E-state index in [1.807, 2.05) is 0 Å². The number of para-hydroxylation sites is 1. The Bertz CT molecular complexity index is 416. The van der Waals surface area contributed by atoms with Gasteiger partial charge in [0.05, 0.1) is 0 Å². The molecule has 1 amide bonds. The molecule has 1 atom stereocenters. The van der Waals surface area contributed by atoms with Gasteiger partial charge in [-0.1, -0.05) is 12.1 Å². The zero-order valence-corrected chi connectivity index (χ0v) is 10.6. The van der Waals surface area contributed by atoms with Crippen LogP contribution in [-0.4, -0.2) is 30.0 Å². The number of ether oxygens (including phenoxy) is 1. The first-order valence-corrected chi connectivity index (χ1v) is 6.38. The minimum Gasteiger partial charge on any atom is -0.478 e. The summed E-state index contributed by atoms with van der Waals surface area (Å²) >= 11 is 0. The van der Waals surface area contributed by atoms with Gasteiger partial charge in [0.25, 0.3) is 5.91 Å². The molecular weight excluding hydrogens is 233 g/mol. The minimum atomic E-state index is -0.639. The van der Waals surface area contributed by atoms with Crippen LogP contribution in [-0.2, 0) is 4.79 Å². The predicted molar refractivity (Wildman–Crippen MR) is 66.9 cm³/mol. The Hall–Kier alpha value is -1.58. The maximum absolute atomic E-state index is 13.4. The lowest BCUT2D eigenvalue weighted by molar-refractivity contribution is -0.138. The van der Waals surface area contributed by atoms with E-state index in [9.17, 15) is 9.18 Å². The zero-order valence-electron chi connectivity index (χ0n) is 10.6. The number of amides is 1. The highest BCUT2D eigenvalue weighted by Crippen LogP contribution is 2.18. The van der Waals surface area contributed by atoms with E-state index in [2.05, 4.69) is 0 Å². The summed E-state index contributed by atoms with van der Waals surface area (Å²) in [6.45, 7) is 3.23. The molecule has 0 aromatic heterocycles. The van der Waals surface area contributed by atoms with Crippen molar-refractivity contribution in [3.05, 3.63) is 30.1 Å². The van der Waals surface area contributed by atoms with Gasteiger partial charge >= 0.3 is 0 Å². The van der Waals surface area contributed by atoms with Crippen molar-refractivity contribution in [1.29, 1.82) is 0 Å². The molecule has 1 saturated heterocycles. The quantitative estimate of drug-likeness (QED) is 0.826. The summed E-state index contributed by atoms with van der Waals surface area (Å²) in [5.74, 6) is -0.357. The molecule has 0 aliphatic carbocycles. The average Bonchev–Trinajstić information content (AvgIpc) is 2.41. The normalized spacial score (nSPS) is 17.3. The van der Waals surface area contributed by atoms with Crippen LogP contribution in [0.15, 0.2) is 24.3 Å². The predicted octanol–water partition coefficient (Wildman–Crippen LogP) is 2.61. The molecule has 18 heavy (non-hydrogen) atoms. The van der Waals surface area contributed by atoms with Crippen LogP contribution in [0.5, 0.6) is 5.75 Å². The van der Waals surface area contributed by atoms with E-state index in [0.717, 1.165) is 25.9 Å². The smallest absolute Gasteiger partial charge is 0.263 e. The first-order chi connectivity index (χ1) is 8.68. The summed E-state index contributed by atoms with van der Waals surface area (Å²) in [4.78, 5) is 13.9. The van der Waals surface area contributed by atoms with Crippen LogP contribution in [0.2, 0.25) is 0 Å². The van der Waals surface area contributed by atoms with E-state index in [0.29, 0.717) is 0 Å². The third-order valence-electron chi connectivity index (χ3n) is 3.16. The second-order valence-corrected chi connectivity index (χ2v) is 4.58. The topological polar surface area (TPSA) is 29.5 Å². The Kier molecular flexibility index (Phi) is 4.18. The standard InChI is InChI=1S/C14H18FNO2/c1-11(14(17)16-9-5-2-6-10-16)18-13-8-4-3-7-12(13)15/h3-4,7-8,11H,2,5-6,9-10H2,1H3/t11-/m1/s1. The summed E-state index contributed by atoms with van der Waals surface area (Å²) in [5, 5.41) is 0. The minimum absolute atomic E-state index is 0.0575. The monoisotopic (exact) mass is 251 g/mol. The van der Waals surface area contributed by atoms with E-state index in [1.54, 1.807) is 24.0 Å². The van der Waals surface area contributed by atoms with E-state index in [4.69, 9.17) is 4.74 Å². The number of hydrogen-bond donors (Lipinski definition) is 0. The molecule has 3 nitrogen and oxygen atoms in total. The van der Waals surface area contributed by atoms with Crippen LogP contribution in [0.25, 0.3) is 0 Å². The van der Waals surface area contributed by atoms with Gasteiger partial charge in [-0.05, 0) is 38.3 Å². The molecule has 1 aromatic rings. The molecule has 1 fully saturated rings. The third kappa shape index (κ3) is 3.00. The molecule has 1 aliphatic rings. The van der Waals surface area contributed by atoms with Gasteiger partial charge in [-0.2, -0.15) is 0 Å². The van der Waals surface area contributed by atoms with Gasteiger partial charge in [0.15, 0.2) is 17.7 Å².